The summed E-state index contributed by atoms with van der Waals surface area (Å²) in [6.45, 7) is 8.60. The van der Waals surface area contributed by atoms with Gasteiger partial charge in [0.1, 0.15) is 23.9 Å². The Labute approximate surface area is 246 Å². The summed E-state index contributed by atoms with van der Waals surface area (Å²) >= 11 is 1.28. The lowest BCUT2D eigenvalue weighted by atomic mass is 9.99. The molecule has 1 aromatic heterocycles. The van der Waals surface area contributed by atoms with Gasteiger partial charge in [-0.2, -0.15) is 0 Å². The van der Waals surface area contributed by atoms with Crippen LogP contribution >= 0.6 is 11.8 Å². The Morgan fingerprint density at radius 2 is 1.90 bits per heavy atom. The highest BCUT2D eigenvalue weighted by Gasteiger charge is 2.36. The fourth-order valence-corrected chi connectivity index (χ4v) is 4.73. The zero-order chi connectivity index (χ0) is 30.4. The van der Waals surface area contributed by atoms with Crippen molar-refractivity contribution >= 4 is 40.6 Å². The van der Waals surface area contributed by atoms with Crippen LogP contribution in [-0.4, -0.2) is 57.2 Å². The van der Waals surface area contributed by atoms with Crippen LogP contribution in [0.15, 0.2) is 22.8 Å². The molecule has 1 aliphatic rings. The fraction of sp³-hybridized carbons (Fsp3) is 0.655. The number of cyclic esters (lactones) is 1. The van der Waals surface area contributed by atoms with Crippen molar-refractivity contribution in [1.82, 2.24) is 20.9 Å². The van der Waals surface area contributed by atoms with Gasteiger partial charge in [0.2, 0.25) is 17.7 Å². The van der Waals surface area contributed by atoms with Gasteiger partial charge in [-0.25, -0.2) is 9.78 Å². The van der Waals surface area contributed by atoms with Gasteiger partial charge in [0.25, 0.3) is 5.91 Å². The summed E-state index contributed by atoms with van der Waals surface area (Å²) in [5.41, 5.74) is -1.42. The summed E-state index contributed by atoms with van der Waals surface area (Å²) in [7, 11) is 0. The molecule has 0 saturated carbocycles. The number of thioether (sulfide) groups is 1. The van der Waals surface area contributed by atoms with E-state index in [1.807, 2.05) is 0 Å². The summed E-state index contributed by atoms with van der Waals surface area (Å²) in [5.74, 6) is -2.01. The molecular formula is C29H44N4O7S. The van der Waals surface area contributed by atoms with Gasteiger partial charge < -0.3 is 25.1 Å². The number of oxazole rings is 1. The molecule has 3 N–H and O–H groups in total. The molecule has 41 heavy (non-hydrogen) atoms. The van der Waals surface area contributed by atoms with E-state index in [2.05, 4.69) is 27.9 Å². The number of aromatic nitrogens is 1. The van der Waals surface area contributed by atoms with E-state index in [0.29, 0.717) is 18.6 Å². The van der Waals surface area contributed by atoms with Crippen molar-refractivity contribution in [2.75, 3.05) is 5.75 Å². The van der Waals surface area contributed by atoms with Gasteiger partial charge in [0.05, 0.1) is 13.0 Å². The number of amides is 3. The number of carbonyl (C=O) groups is 5. The smallest absolute Gasteiger partial charge is 0.329 e. The molecule has 2 bridgehead atoms. The molecule has 0 aliphatic carbocycles. The maximum atomic E-state index is 13.2. The molecule has 2 unspecified atom stereocenters. The summed E-state index contributed by atoms with van der Waals surface area (Å²) < 4.78 is 11.0. The van der Waals surface area contributed by atoms with Gasteiger partial charge in [0, 0.05) is 12.2 Å². The lowest BCUT2D eigenvalue weighted by molar-refractivity contribution is -0.153. The molecule has 228 valence electrons. The zero-order valence-corrected chi connectivity index (χ0v) is 25.6. The minimum atomic E-state index is -1.38. The van der Waals surface area contributed by atoms with Crippen molar-refractivity contribution in [2.24, 2.45) is 5.92 Å². The van der Waals surface area contributed by atoms with Crippen LogP contribution in [0.4, 0.5) is 0 Å². The summed E-state index contributed by atoms with van der Waals surface area (Å²) in [6.07, 6.45) is 10.1. The quantitative estimate of drug-likeness (QED) is 0.197. The highest BCUT2D eigenvalue weighted by atomic mass is 32.2. The molecular weight excluding hydrogens is 548 g/mol. The number of allylic oxidation sites excluding steroid dienone is 1. The SMILES string of the molecule is CCCCCCCC(=O)SCCC=CC1CC(=O)NCc2nc(co2)C(=O)NC(C)(C)C(=O)NC(C(C)C)C(=O)O1. The van der Waals surface area contributed by atoms with E-state index in [-0.39, 0.29) is 35.6 Å². The number of hydrogen-bond acceptors (Lipinski definition) is 9. The predicted octanol–water partition coefficient (Wildman–Crippen LogP) is 3.82. The second-order valence-electron chi connectivity index (χ2n) is 11.0. The molecule has 2 rings (SSSR count). The minimum Gasteiger partial charge on any atom is -0.456 e. The lowest BCUT2D eigenvalue weighted by Gasteiger charge is -2.29. The van der Waals surface area contributed by atoms with Crippen LogP contribution in [0, 0.1) is 5.92 Å². The van der Waals surface area contributed by atoms with E-state index in [1.165, 1.54) is 38.5 Å². The van der Waals surface area contributed by atoms with Gasteiger partial charge in [-0.05, 0) is 38.7 Å². The van der Waals surface area contributed by atoms with Crippen molar-refractivity contribution in [1.29, 1.82) is 0 Å². The molecule has 0 fully saturated rings. The molecule has 1 aliphatic heterocycles. The van der Waals surface area contributed by atoms with Crippen LogP contribution in [-0.2, 0) is 30.5 Å². The second kappa shape index (κ2) is 17.0. The number of fused-ring (bicyclic) bond motifs is 2. The topological polar surface area (TPSA) is 157 Å². The van der Waals surface area contributed by atoms with Crippen LogP contribution in [0.1, 0.15) is 102 Å². The fourth-order valence-electron chi connectivity index (χ4n) is 3.95. The number of hydrogen-bond donors (Lipinski definition) is 3. The van der Waals surface area contributed by atoms with Crippen LogP contribution in [0.2, 0.25) is 0 Å². The highest BCUT2D eigenvalue weighted by molar-refractivity contribution is 8.13. The van der Waals surface area contributed by atoms with Gasteiger partial charge in [-0.1, -0.05) is 64.3 Å². The van der Waals surface area contributed by atoms with Crippen molar-refractivity contribution in [3.05, 3.63) is 30.0 Å². The van der Waals surface area contributed by atoms with Crippen molar-refractivity contribution in [3.8, 4) is 0 Å². The van der Waals surface area contributed by atoms with E-state index < -0.39 is 41.4 Å². The molecule has 2 atom stereocenters. The molecule has 1 aromatic rings. The summed E-state index contributed by atoms with van der Waals surface area (Å²) in [5, 5.41) is 8.08. The van der Waals surface area contributed by atoms with Crippen LogP contribution in [0.3, 0.4) is 0 Å². The first-order valence-electron chi connectivity index (χ1n) is 14.3. The molecule has 11 nitrogen and oxygen atoms in total. The zero-order valence-electron chi connectivity index (χ0n) is 24.7. The Morgan fingerprint density at radius 3 is 2.61 bits per heavy atom. The molecule has 12 heteroatoms. The monoisotopic (exact) mass is 592 g/mol. The van der Waals surface area contributed by atoms with E-state index in [1.54, 1.807) is 26.0 Å². The number of esters is 1. The minimum absolute atomic E-state index is 0.0457. The Balaban J connectivity index is 2.09. The molecule has 2 heterocycles. The number of nitrogens with zero attached hydrogens (tertiary/aromatic N) is 1. The van der Waals surface area contributed by atoms with E-state index in [9.17, 15) is 24.0 Å². The molecule has 0 radical (unpaired) electrons. The first kappa shape index (κ1) is 34.1. The second-order valence-corrected chi connectivity index (χ2v) is 12.1. The van der Waals surface area contributed by atoms with Crippen LogP contribution in [0.5, 0.6) is 0 Å². The van der Waals surface area contributed by atoms with Gasteiger partial charge in [-0.15, -0.1) is 0 Å². The van der Waals surface area contributed by atoms with Gasteiger partial charge in [0.15, 0.2) is 10.8 Å². The standard InChI is InChI=1S/C29H44N4O7S/c1-6-7-8-9-10-14-24(35)41-15-12-11-13-20-16-22(34)30-17-23-31-21(18-39-23)26(36)33-29(4,5)28(38)32-25(19(2)3)27(37)40-20/h11,13,18-20,25H,6-10,12,14-17H2,1-5H3,(H,30,34)(H,32,38)(H,33,36). The normalized spacial score (nSPS) is 20.4. The third-order valence-corrected chi connectivity index (χ3v) is 7.42. The number of nitrogens with one attached hydrogen (secondary N) is 3. The van der Waals surface area contributed by atoms with E-state index in [0.717, 1.165) is 25.5 Å². The predicted molar refractivity (Wildman–Crippen MR) is 156 cm³/mol. The Hall–Kier alpha value is -3.15. The van der Waals surface area contributed by atoms with Crippen molar-refractivity contribution in [3.63, 3.8) is 0 Å². The largest absolute Gasteiger partial charge is 0.456 e. The van der Waals surface area contributed by atoms with Crippen molar-refractivity contribution < 1.29 is 33.1 Å². The Morgan fingerprint density at radius 1 is 1.17 bits per heavy atom. The highest BCUT2D eigenvalue weighted by Crippen LogP contribution is 2.15. The third-order valence-electron chi connectivity index (χ3n) is 6.46. The van der Waals surface area contributed by atoms with Gasteiger partial charge in [-0.3, -0.25) is 19.2 Å². The number of ether oxygens (including phenoxy) is 1. The summed E-state index contributed by atoms with van der Waals surface area (Å²) in [4.78, 5) is 67.7. The maximum Gasteiger partial charge on any atom is 0.329 e. The lowest BCUT2D eigenvalue weighted by Crippen LogP contribution is -2.59. The third kappa shape index (κ3) is 12.1. The van der Waals surface area contributed by atoms with Gasteiger partial charge >= 0.3 is 5.97 Å². The molecule has 0 saturated heterocycles. The Bertz CT molecular complexity index is 1080. The maximum absolute atomic E-state index is 13.2. The van der Waals surface area contributed by atoms with E-state index >= 15 is 0 Å². The number of rotatable bonds is 11. The average Bonchev–Trinajstić information content (AvgIpc) is 3.38. The number of unbranched alkanes of at least 4 members (excludes halogenated alkanes) is 4. The molecule has 3 amide bonds. The van der Waals surface area contributed by atoms with Crippen LogP contribution in [0.25, 0.3) is 0 Å². The van der Waals surface area contributed by atoms with Crippen LogP contribution < -0.4 is 16.0 Å². The van der Waals surface area contributed by atoms with E-state index in [4.69, 9.17) is 9.15 Å². The van der Waals surface area contributed by atoms with Crippen molar-refractivity contribution in [2.45, 2.75) is 110 Å². The summed E-state index contributed by atoms with van der Waals surface area (Å²) in [6, 6.07) is -1.02. The molecule has 0 aromatic carbocycles. The molecule has 0 spiro atoms. The first-order valence-corrected chi connectivity index (χ1v) is 15.3. The number of carbonyl (C=O) groups excluding carboxylic acids is 5. The first-order chi connectivity index (χ1) is 19.4. The average molecular weight is 593 g/mol. The Kier molecular flexibility index (Phi) is 14.1.